The second-order valence-electron chi connectivity index (χ2n) is 2.16. The monoisotopic (exact) mass is 229 g/mol. The second kappa shape index (κ2) is 4.64. The zero-order chi connectivity index (χ0) is 10.6. The van der Waals surface area contributed by atoms with Gasteiger partial charge in [-0.05, 0) is 11.8 Å². The van der Waals surface area contributed by atoms with Crippen LogP contribution in [0, 0.1) is 0 Å². The van der Waals surface area contributed by atoms with Gasteiger partial charge in [-0.1, -0.05) is 0 Å². The standard InChI is InChI=1S/C4H8NO6PS/c6-3(7)1-2(4(8)9)5-12(10,11)13/h2H,1H2,(H,6,7)(H,8,9)(H3,5,10,11,13)/t2-/m0/s1. The fraction of sp³-hybridized carbons (Fsp3) is 0.500. The summed E-state index contributed by atoms with van der Waals surface area (Å²) in [7, 11) is 0. The van der Waals surface area contributed by atoms with E-state index in [1.165, 1.54) is 0 Å². The summed E-state index contributed by atoms with van der Waals surface area (Å²) in [5.74, 6) is -2.87. The summed E-state index contributed by atoms with van der Waals surface area (Å²) in [5.41, 5.74) is 0. The third kappa shape index (κ3) is 6.62. The molecule has 0 unspecified atom stereocenters. The molecule has 1 atom stereocenters. The molecule has 0 spiro atoms. The number of carboxylic acids is 2. The lowest BCUT2D eigenvalue weighted by Gasteiger charge is -2.15. The van der Waals surface area contributed by atoms with Crippen molar-refractivity contribution in [3.8, 4) is 0 Å². The molecule has 0 aliphatic rings. The fourth-order valence-corrected chi connectivity index (χ4v) is 1.56. The van der Waals surface area contributed by atoms with Crippen molar-refractivity contribution in [2.45, 2.75) is 12.5 Å². The normalized spacial score (nSPS) is 13.7. The maximum absolute atomic E-state index is 10.3. The highest BCUT2D eigenvalue weighted by molar-refractivity contribution is 8.08. The van der Waals surface area contributed by atoms with E-state index in [0.717, 1.165) is 0 Å². The third-order valence-corrected chi connectivity index (χ3v) is 1.97. The van der Waals surface area contributed by atoms with Gasteiger partial charge >= 0.3 is 11.9 Å². The van der Waals surface area contributed by atoms with Gasteiger partial charge in [-0.2, -0.15) is 0 Å². The van der Waals surface area contributed by atoms with Crippen molar-refractivity contribution in [2.24, 2.45) is 0 Å². The Balaban J connectivity index is 4.36. The largest absolute Gasteiger partial charge is 0.481 e. The first-order valence-electron chi connectivity index (χ1n) is 3.00. The summed E-state index contributed by atoms with van der Waals surface area (Å²) in [4.78, 5) is 37.8. The minimum absolute atomic E-state index is 0.769. The summed E-state index contributed by atoms with van der Waals surface area (Å²) in [6.07, 6.45) is -0.769. The van der Waals surface area contributed by atoms with E-state index in [9.17, 15) is 9.59 Å². The van der Waals surface area contributed by atoms with Crippen molar-refractivity contribution in [2.75, 3.05) is 0 Å². The molecule has 0 saturated carbocycles. The highest BCUT2D eigenvalue weighted by Crippen LogP contribution is 2.30. The number of hydrogen-bond acceptors (Lipinski definition) is 3. The molecule has 0 saturated heterocycles. The topological polar surface area (TPSA) is 127 Å². The molecule has 0 rings (SSSR count). The van der Waals surface area contributed by atoms with Crippen LogP contribution in [0.15, 0.2) is 0 Å². The Bertz CT molecular complexity index is 261. The van der Waals surface area contributed by atoms with Crippen molar-refractivity contribution < 1.29 is 29.6 Å². The molecule has 76 valence electrons. The number of aliphatic carboxylic acids is 2. The number of rotatable bonds is 5. The van der Waals surface area contributed by atoms with Crippen LogP contribution < -0.4 is 5.09 Å². The molecule has 5 N–H and O–H groups in total. The summed E-state index contributed by atoms with van der Waals surface area (Å²) < 4.78 is 0. The van der Waals surface area contributed by atoms with E-state index in [2.05, 4.69) is 11.8 Å². The van der Waals surface area contributed by atoms with Gasteiger partial charge in [0.2, 0.25) is 0 Å². The van der Waals surface area contributed by atoms with Crippen molar-refractivity contribution in [1.82, 2.24) is 5.09 Å². The Morgan fingerprint density at radius 1 is 1.38 bits per heavy atom. The molecule has 7 nitrogen and oxygen atoms in total. The quantitative estimate of drug-likeness (QED) is 0.368. The van der Waals surface area contributed by atoms with Gasteiger partial charge in [0.1, 0.15) is 6.04 Å². The van der Waals surface area contributed by atoms with E-state index >= 15 is 0 Å². The van der Waals surface area contributed by atoms with Crippen LogP contribution in [0.5, 0.6) is 0 Å². The molecule has 0 aliphatic heterocycles. The van der Waals surface area contributed by atoms with Crippen molar-refractivity contribution >= 4 is 30.4 Å². The molecule has 0 amide bonds. The van der Waals surface area contributed by atoms with E-state index < -0.39 is 31.0 Å². The Labute approximate surface area is 78.2 Å². The molecular weight excluding hydrogens is 221 g/mol. The van der Waals surface area contributed by atoms with Crippen LogP contribution in [0.3, 0.4) is 0 Å². The molecule has 0 heterocycles. The maximum Gasteiger partial charge on any atom is 0.321 e. The Morgan fingerprint density at radius 2 is 1.85 bits per heavy atom. The van der Waals surface area contributed by atoms with E-state index in [1.54, 1.807) is 5.09 Å². The van der Waals surface area contributed by atoms with Crippen LogP contribution in [0.2, 0.25) is 0 Å². The van der Waals surface area contributed by atoms with Crippen molar-refractivity contribution in [1.29, 1.82) is 0 Å². The van der Waals surface area contributed by atoms with E-state index in [1.807, 2.05) is 0 Å². The highest BCUT2D eigenvalue weighted by atomic mass is 32.5. The highest BCUT2D eigenvalue weighted by Gasteiger charge is 2.25. The molecule has 0 aromatic carbocycles. The van der Waals surface area contributed by atoms with Crippen LogP contribution >= 0.6 is 6.64 Å². The number of nitrogens with one attached hydrogen (secondary N) is 1. The Hall–Kier alpha value is -0.530. The average Bonchev–Trinajstić information content (AvgIpc) is 1.81. The molecule has 13 heavy (non-hydrogen) atoms. The van der Waals surface area contributed by atoms with Gasteiger partial charge < -0.3 is 20.0 Å². The minimum Gasteiger partial charge on any atom is -0.481 e. The predicted molar refractivity (Wildman–Crippen MR) is 45.5 cm³/mol. The first kappa shape index (κ1) is 12.5. The average molecular weight is 229 g/mol. The smallest absolute Gasteiger partial charge is 0.321 e. The van der Waals surface area contributed by atoms with Gasteiger partial charge in [0.15, 0.2) is 0 Å². The van der Waals surface area contributed by atoms with E-state index in [4.69, 9.17) is 20.0 Å². The lowest BCUT2D eigenvalue weighted by Crippen LogP contribution is -2.36. The molecule has 0 fully saturated rings. The first-order chi connectivity index (χ1) is 5.72. The number of carboxylic acid groups (broad SMARTS) is 2. The minimum atomic E-state index is -3.89. The van der Waals surface area contributed by atoms with Gasteiger partial charge in [-0.3, -0.25) is 9.59 Å². The molecule has 0 aliphatic carbocycles. The second-order valence-corrected chi connectivity index (χ2v) is 5.04. The maximum atomic E-state index is 10.3. The van der Waals surface area contributed by atoms with Gasteiger partial charge in [-0.25, -0.2) is 5.09 Å². The number of hydrogen-bond donors (Lipinski definition) is 5. The molecular formula is C4H8NO6PS. The lowest BCUT2D eigenvalue weighted by atomic mass is 10.2. The number of carbonyl (C=O) groups is 2. The zero-order valence-corrected chi connectivity index (χ0v) is 7.96. The Kier molecular flexibility index (Phi) is 4.45. The summed E-state index contributed by atoms with van der Waals surface area (Å²) in [5, 5.41) is 18.4. The molecule has 0 aromatic heterocycles. The predicted octanol–water partition coefficient (Wildman–Crippen LogP) is -1.29. The lowest BCUT2D eigenvalue weighted by molar-refractivity contribution is -0.145. The van der Waals surface area contributed by atoms with E-state index in [-0.39, 0.29) is 0 Å². The van der Waals surface area contributed by atoms with Crippen LogP contribution in [0.1, 0.15) is 6.42 Å². The van der Waals surface area contributed by atoms with Crippen molar-refractivity contribution in [3.05, 3.63) is 0 Å². The third-order valence-electron chi connectivity index (χ3n) is 1.00. The molecule has 0 radical (unpaired) electrons. The van der Waals surface area contributed by atoms with Crippen molar-refractivity contribution in [3.63, 3.8) is 0 Å². The van der Waals surface area contributed by atoms with Gasteiger partial charge in [0, 0.05) is 0 Å². The fourth-order valence-electron chi connectivity index (χ4n) is 0.566. The molecule has 0 aromatic rings. The van der Waals surface area contributed by atoms with Crippen LogP contribution in [-0.4, -0.2) is 38.0 Å². The van der Waals surface area contributed by atoms with Crippen LogP contribution in [0.25, 0.3) is 0 Å². The summed E-state index contributed by atoms with van der Waals surface area (Å²) in [6, 6.07) is -1.58. The van der Waals surface area contributed by atoms with Gasteiger partial charge in [0.05, 0.1) is 6.42 Å². The van der Waals surface area contributed by atoms with Crippen LogP contribution in [-0.2, 0) is 21.4 Å². The molecule has 0 bridgehead atoms. The summed E-state index contributed by atoms with van der Waals surface area (Å²) in [6.45, 7) is -3.89. The van der Waals surface area contributed by atoms with Crippen LogP contribution in [0.4, 0.5) is 0 Å². The summed E-state index contributed by atoms with van der Waals surface area (Å²) >= 11 is 4.09. The zero-order valence-electron chi connectivity index (χ0n) is 6.25. The van der Waals surface area contributed by atoms with Gasteiger partial charge in [0.25, 0.3) is 6.64 Å². The SMILES string of the molecule is O=C(O)C[C@H](NP(O)(O)=S)C(=O)O. The molecule has 9 heteroatoms. The first-order valence-corrected chi connectivity index (χ1v) is 5.71. The van der Waals surface area contributed by atoms with Gasteiger partial charge in [-0.15, -0.1) is 0 Å². The Morgan fingerprint density at radius 3 is 2.08 bits per heavy atom. The van der Waals surface area contributed by atoms with E-state index in [0.29, 0.717) is 0 Å².